The zero-order valence-corrected chi connectivity index (χ0v) is 23.9. The molecule has 0 unspecified atom stereocenters. The van der Waals surface area contributed by atoms with Gasteiger partial charge in [-0.05, 0) is 69.6 Å². The molecule has 0 radical (unpaired) electrons. The summed E-state index contributed by atoms with van der Waals surface area (Å²) in [6, 6.07) is 13.5. The van der Waals surface area contributed by atoms with Crippen molar-refractivity contribution in [2.24, 2.45) is 0 Å². The molecule has 1 aliphatic rings. The van der Waals surface area contributed by atoms with E-state index in [-0.39, 0.29) is 6.03 Å². The van der Waals surface area contributed by atoms with Crippen LogP contribution < -0.4 is 26.2 Å². The van der Waals surface area contributed by atoms with Gasteiger partial charge in [-0.1, -0.05) is 5.21 Å². The Morgan fingerprint density at radius 1 is 0.881 bits per heavy atom. The molecule has 0 aliphatic carbocycles. The fraction of sp³-hybridized carbons (Fsp3) is 0.357. The molecule has 0 bridgehead atoms. The average molecular weight is 574 g/mol. The van der Waals surface area contributed by atoms with Gasteiger partial charge in [0.2, 0.25) is 0 Å². The maximum Gasteiger partial charge on any atom is 0.323 e. The number of rotatable bonds is 9. The summed E-state index contributed by atoms with van der Waals surface area (Å²) >= 11 is 0. The van der Waals surface area contributed by atoms with Gasteiger partial charge in [-0.25, -0.2) is 24.2 Å². The summed E-state index contributed by atoms with van der Waals surface area (Å²) in [5.74, 6) is 1.29. The van der Waals surface area contributed by atoms with Gasteiger partial charge in [0.05, 0.1) is 13.2 Å². The summed E-state index contributed by atoms with van der Waals surface area (Å²) in [5.41, 5.74) is 3.96. The van der Waals surface area contributed by atoms with E-state index in [9.17, 15) is 9.59 Å². The quantitative estimate of drug-likeness (QED) is 0.236. The lowest BCUT2D eigenvalue weighted by Crippen LogP contribution is -2.37. The van der Waals surface area contributed by atoms with Crippen molar-refractivity contribution in [2.45, 2.75) is 13.5 Å². The van der Waals surface area contributed by atoms with Crippen molar-refractivity contribution in [3.8, 4) is 11.4 Å². The first-order valence-corrected chi connectivity index (χ1v) is 13.8. The van der Waals surface area contributed by atoms with Gasteiger partial charge >= 0.3 is 12.1 Å². The summed E-state index contributed by atoms with van der Waals surface area (Å²) in [6.07, 6.45) is 0. The van der Waals surface area contributed by atoms with Gasteiger partial charge in [-0.3, -0.25) is 0 Å². The fourth-order valence-corrected chi connectivity index (χ4v) is 4.38. The molecule has 0 spiro atoms. The lowest BCUT2D eigenvalue weighted by Gasteiger charge is -2.27. The van der Waals surface area contributed by atoms with Crippen LogP contribution in [0.3, 0.4) is 0 Å². The van der Waals surface area contributed by atoms with E-state index >= 15 is 0 Å². The number of benzene rings is 2. The van der Waals surface area contributed by atoms with Crippen molar-refractivity contribution >= 4 is 46.1 Å². The number of hydrogen-bond acceptors (Lipinski definition) is 9. The molecule has 0 atom stereocenters. The smallest absolute Gasteiger partial charge is 0.323 e. The molecule has 220 valence electrons. The Morgan fingerprint density at radius 2 is 1.48 bits per heavy atom. The monoisotopic (exact) mass is 573 g/mol. The largest absolute Gasteiger partial charge is 0.378 e. The molecule has 4 amide bonds. The van der Waals surface area contributed by atoms with Gasteiger partial charge in [0.1, 0.15) is 0 Å². The van der Waals surface area contributed by atoms with Gasteiger partial charge < -0.3 is 35.8 Å². The van der Waals surface area contributed by atoms with Crippen LogP contribution in [0.1, 0.15) is 6.92 Å². The number of aryl methyl sites for hydroxylation is 1. The predicted octanol–water partition coefficient (Wildman–Crippen LogP) is 3.07. The van der Waals surface area contributed by atoms with Crippen molar-refractivity contribution in [2.75, 3.05) is 74.3 Å². The third-order valence-electron chi connectivity index (χ3n) is 6.60. The van der Waals surface area contributed by atoms with E-state index in [1.54, 1.807) is 41.1 Å². The molecule has 4 N–H and O–H groups in total. The number of anilines is 4. The van der Waals surface area contributed by atoms with E-state index < -0.39 is 6.03 Å². The fourth-order valence-electron chi connectivity index (χ4n) is 4.38. The van der Waals surface area contributed by atoms with Gasteiger partial charge in [0.15, 0.2) is 22.8 Å². The van der Waals surface area contributed by atoms with Crippen LogP contribution in [0.2, 0.25) is 0 Å². The van der Waals surface area contributed by atoms with E-state index in [1.807, 2.05) is 38.1 Å². The zero-order chi connectivity index (χ0) is 29.5. The number of hydrogen-bond donors (Lipinski definition) is 4. The van der Waals surface area contributed by atoms with E-state index in [1.165, 1.54) is 0 Å². The number of likely N-dealkylation sites (N-methyl/N-ethyl adjacent to an activating group) is 1. The Labute approximate surface area is 243 Å². The Morgan fingerprint density at radius 3 is 2.07 bits per heavy atom. The number of ether oxygens (including phenoxy) is 1. The van der Waals surface area contributed by atoms with Gasteiger partial charge in [-0.15, -0.1) is 5.10 Å². The highest BCUT2D eigenvalue weighted by molar-refractivity contribution is 6.00. The molecule has 3 heterocycles. The lowest BCUT2D eigenvalue weighted by atomic mass is 10.2. The number of amides is 4. The van der Waals surface area contributed by atoms with Crippen molar-refractivity contribution < 1.29 is 14.3 Å². The summed E-state index contributed by atoms with van der Waals surface area (Å²) in [7, 11) is 3.88. The standard InChI is InChI=1S/C28H35N11O3/c1-4-39-26-23(35-36-39)25(38-15-17-42-18-16-38)33-24(34-26)19-5-7-20(8-6-19)31-28(41)32-22-11-9-21(10-12-22)30-27(40)29-13-14-37(2)3/h5-12H,4,13-18H2,1-3H3,(H2,29,30,40)(H2,31,32,41). The number of nitrogens with zero attached hydrogens (tertiary/aromatic N) is 7. The van der Waals surface area contributed by atoms with Crippen molar-refractivity contribution in [3.63, 3.8) is 0 Å². The topological polar surface area (TPSA) is 154 Å². The molecular weight excluding hydrogens is 538 g/mol. The summed E-state index contributed by atoms with van der Waals surface area (Å²) < 4.78 is 7.27. The Balaban J connectivity index is 1.21. The first-order valence-electron chi connectivity index (χ1n) is 13.8. The Bertz CT molecular complexity index is 1510. The van der Waals surface area contributed by atoms with Crippen molar-refractivity contribution in [1.29, 1.82) is 0 Å². The van der Waals surface area contributed by atoms with Crippen molar-refractivity contribution in [3.05, 3.63) is 48.5 Å². The molecule has 1 aliphatic heterocycles. The molecule has 1 saturated heterocycles. The molecule has 2 aromatic carbocycles. The van der Waals surface area contributed by atoms with Crippen LogP contribution in [0.5, 0.6) is 0 Å². The number of carbonyl (C=O) groups excluding carboxylic acids is 2. The van der Waals surface area contributed by atoms with Crippen LogP contribution in [-0.2, 0) is 11.3 Å². The third kappa shape index (κ3) is 7.08. The molecule has 2 aromatic heterocycles. The molecule has 4 aromatic rings. The van der Waals surface area contributed by atoms with Crippen LogP contribution in [0.25, 0.3) is 22.6 Å². The molecule has 14 heteroatoms. The van der Waals surface area contributed by atoms with Gasteiger partial charge in [-0.2, -0.15) is 0 Å². The average Bonchev–Trinajstić information content (AvgIpc) is 3.41. The second kappa shape index (κ2) is 13.2. The van der Waals surface area contributed by atoms with Gasteiger partial charge in [0, 0.05) is 55.3 Å². The van der Waals surface area contributed by atoms with Crippen LogP contribution in [0.4, 0.5) is 32.5 Å². The van der Waals surface area contributed by atoms with Crippen molar-refractivity contribution in [1.82, 2.24) is 35.2 Å². The minimum Gasteiger partial charge on any atom is -0.378 e. The highest BCUT2D eigenvalue weighted by Crippen LogP contribution is 2.27. The number of urea groups is 2. The van der Waals surface area contributed by atoms with E-state index in [0.29, 0.717) is 73.4 Å². The zero-order valence-electron chi connectivity index (χ0n) is 23.9. The molecule has 1 fully saturated rings. The predicted molar refractivity (Wildman–Crippen MR) is 162 cm³/mol. The summed E-state index contributed by atoms with van der Waals surface area (Å²) in [6.45, 7) is 6.60. The van der Waals surface area contributed by atoms with Crippen LogP contribution in [-0.4, -0.2) is 95.4 Å². The maximum absolute atomic E-state index is 12.6. The van der Waals surface area contributed by atoms with Crippen LogP contribution in [0, 0.1) is 0 Å². The van der Waals surface area contributed by atoms with E-state index in [2.05, 4.69) is 36.5 Å². The highest BCUT2D eigenvalue weighted by atomic mass is 16.5. The molecule has 42 heavy (non-hydrogen) atoms. The highest BCUT2D eigenvalue weighted by Gasteiger charge is 2.21. The number of aromatic nitrogens is 5. The van der Waals surface area contributed by atoms with Crippen LogP contribution >= 0.6 is 0 Å². The van der Waals surface area contributed by atoms with Crippen LogP contribution in [0.15, 0.2) is 48.5 Å². The second-order valence-corrected chi connectivity index (χ2v) is 9.97. The SMILES string of the molecule is CCn1nnc2c(N3CCOCC3)nc(-c3ccc(NC(=O)Nc4ccc(NC(=O)NCCN(C)C)cc4)cc3)nc21. The number of nitrogens with one attached hydrogen (secondary N) is 4. The maximum atomic E-state index is 12.6. The van der Waals surface area contributed by atoms with E-state index in [4.69, 9.17) is 14.7 Å². The minimum atomic E-state index is -0.393. The first-order chi connectivity index (χ1) is 20.4. The summed E-state index contributed by atoms with van der Waals surface area (Å²) in [5, 5.41) is 19.8. The number of fused-ring (bicyclic) bond motifs is 1. The Kier molecular flexibility index (Phi) is 9.04. The van der Waals surface area contributed by atoms with E-state index in [0.717, 1.165) is 17.9 Å². The summed E-state index contributed by atoms with van der Waals surface area (Å²) in [4.78, 5) is 38.4. The number of morpholine rings is 1. The minimum absolute atomic E-state index is 0.283. The third-order valence-corrected chi connectivity index (χ3v) is 6.60. The molecule has 14 nitrogen and oxygen atoms in total. The second-order valence-electron chi connectivity index (χ2n) is 9.97. The molecule has 0 saturated carbocycles. The normalized spacial score (nSPS) is 13.3. The lowest BCUT2D eigenvalue weighted by molar-refractivity contribution is 0.122. The van der Waals surface area contributed by atoms with Gasteiger partial charge in [0.25, 0.3) is 0 Å². The number of carbonyl (C=O) groups is 2. The molecule has 5 rings (SSSR count). The first kappa shape index (κ1) is 28.7. The molecular formula is C28H35N11O3. The Hall–Kier alpha value is -4.82.